The van der Waals surface area contributed by atoms with E-state index >= 15 is 0 Å². The average Bonchev–Trinajstić information content (AvgIpc) is 2.96. The third-order valence-corrected chi connectivity index (χ3v) is 8.39. The highest BCUT2D eigenvalue weighted by Gasteiger charge is 2.55. The fourth-order valence-corrected chi connectivity index (χ4v) is 5.92. The van der Waals surface area contributed by atoms with Crippen LogP contribution >= 0.6 is 0 Å². The van der Waals surface area contributed by atoms with Crippen molar-refractivity contribution in [2.24, 2.45) is 28.9 Å². The topological polar surface area (TPSA) is 318 Å². The smallest absolute Gasteiger partial charge is 0.186 e. The van der Waals surface area contributed by atoms with E-state index < -0.39 is 117 Å². The summed E-state index contributed by atoms with van der Waals surface area (Å²) < 4.78 is 17.7. The number of aliphatic hydroxyl groups excluding tert-OH is 8. The second kappa shape index (κ2) is 15.9. The molecule has 242 valence electrons. The molecule has 1 unspecified atom stereocenters. The number of aliphatic hydroxyl groups is 8. The fourth-order valence-electron chi connectivity index (χ4n) is 5.92. The van der Waals surface area contributed by atoms with Gasteiger partial charge in [0, 0.05) is 24.5 Å². The van der Waals surface area contributed by atoms with Crippen molar-refractivity contribution in [2.45, 2.75) is 104 Å². The van der Waals surface area contributed by atoms with Gasteiger partial charge >= 0.3 is 0 Å². The van der Waals surface area contributed by atoms with Crippen LogP contribution in [-0.4, -0.2) is 172 Å². The molecule has 17 nitrogen and oxygen atoms in total. The van der Waals surface area contributed by atoms with Gasteiger partial charge in [-0.3, -0.25) is 0 Å². The lowest BCUT2D eigenvalue weighted by Crippen LogP contribution is -2.72. The third kappa shape index (κ3) is 7.89. The van der Waals surface area contributed by atoms with Gasteiger partial charge in [-0.05, 0) is 25.9 Å². The van der Waals surface area contributed by atoms with Crippen LogP contribution in [0, 0.1) is 5.92 Å². The summed E-state index contributed by atoms with van der Waals surface area (Å²) in [5.74, 6) is -0.947. The van der Waals surface area contributed by atoms with Crippen LogP contribution in [0.3, 0.4) is 0 Å². The molecule has 3 aliphatic rings. The predicted molar refractivity (Wildman–Crippen MR) is 143 cm³/mol. The highest BCUT2D eigenvalue weighted by Crippen LogP contribution is 2.37. The molecule has 1 saturated carbocycles. The first-order chi connectivity index (χ1) is 19.5. The van der Waals surface area contributed by atoms with Gasteiger partial charge in [0.15, 0.2) is 6.29 Å². The van der Waals surface area contributed by atoms with Crippen LogP contribution in [-0.2, 0) is 14.2 Å². The molecule has 3 rings (SSSR count). The Morgan fingerprint density at radius 3 is 2.12 bits per heavy atom. The van der Waals surface area contributed by atoms with E-state index in [-0.39, 0.29) is 13.0 Å². The molecule has 41 heavy (non-hydrogen) atoms. The first kappa shape index (κ1) is 34.8. The van der Waals surface area contributed by atoms with Gasteiger partial charge in [0.05, 0.1) is 56.3 Å². The maximum Gasteiger partial charge on any atom is 0.186 e. The molecule has 0 aromatic rings. The van der Waals surface area contributed by atoms with Crippen LogP contribution < -0.4 is 33.6 Å². The second-order valence-electron chi connectivity index (χ2n) is 11.2. The van der Waals surface area contributed by atoms with Gasteiger partial charge in [0.2, 0.25) is 0 Å². The lowest BCUT2D eigenvalue weighted by atomic mass is 9.71. The third-order valence-electron chi connectivity index (χ3n) is 8.39. The Labute approximate surface area is 238 Å². The Morgan fingerprint density at radius 1 is 0.829 bits per heavy atom. The molecule has 0 radical (unpaired) electrons. The Morgan fingerprint density at radius 2 is 1.51 bits per heavy atom. The van der Waals surface area contributed by atoms with Crippen molar-refractivity contribution in [3.05, 3.63) is 0 Å². The molecule has 0 amide bonds. The second-order valence-corrected chi connectivity index (χ2v) is 11.2. The zero-order valence-corrected chi connectivity index (χ0v) is 23.0. The maximum atomic E-state index is 11.7. The molecular formula is C24H50N6O11. The number of nitrogens with one attached hydrogen (secondary N) is 2. The van der Waals surface area contributed by atoms with Gasteiger partial charge in [-0.1, -0.05) is 0 Å². The summed E-state index contributed by atoms with van der Waals surface area (Å²) in [5.41, 5.74) is 24.3. The Kier molecular flexibility index (Phi) is 13.5. The van der Waals surface area contributed by atoms with E-state index in [1.165, 1.54) is 0 Å². The minimum atomic E-state index is -1.55. The van der Waals surface area contributed by atoms with E-state index in [1.807, 2.05) is 0 Å². The SMILES string of the molecule is NCCCNC[C@H]1O[C@H](C2[C@@H](N)C[C@@H](NC(CO)CO)[C@H](O[C@H]3O[C@H](CO)[C@@H](O)[C@H](N)[C@H]3O)[C@H]2O)[C@H](N)[C@@H](O)[C@@H]1O. The molecule has 15 atom stereocenters. The minimum Gasteiger partial charge on any atom is -0.395 e. The summed E-state index contributed by atoms with van der Waals surface area (Å²) in [6.07, 6.45) is -12.1. The number of ether oxygens (including phenoxy) is 3. The molecule has 18 N–H and O–H groups in total. The van der Waals surface area contributed by atoms with Crippen LogP contribution in [0.1, 0.15) is 12.8 Å². The molecule has 0 aromatic carbocycles. The van der Waals surface area contributed by atoms with E-state index in [9.17, 15) is 40.9 Å². The average molecular weight is 599 g/mol. The molecule has 0 spiro atoms. The number of hydrogen-bond acceptors (Lipinski definition) is 17. The number of rotatable bonds is 13. The van der Waals surface area contributed by atoms with E-state index in [0.717, 1.165) is 0 Å². The van der Waals surface area contributed by atoms with E-state index in [2.05, 4.69) is 10.6 Å². The quantitative estimate of drug-likeness (QED) is 0.0875. The summed E-state index contributed by atoms with van der Waals surface area (Å²) >= 11 is 0. The summed E-state index contributed by atoms with van der Waals surface area (Å²) in [5, 5.41) is 89.0. The van der Waals surface area contributed by atoms with Gasteiger partial charge in [-0.25, -0.2) is 0 Å². The van der Waals surface area contributed by atoms with Crippen molar-refractivity contribution >= 4 is 0 Å². The summed E-state index contributed by atoms with van der Waals surface area (Å²) in [6, 6.07) is -4.77. The van der Waals surface area contributed by atoms with Crippen LogP contribution in [0.25, 0.3) is 0 Å². The number of hydrogen-bond donors (Lipinski definition) is 14. The number of nitrogens with two attached hydrogens (primary N) is 4. The molecule has 1 aliphatic carbocycles. The zero-order valence-electron chi connectivity index (χ0n) is 23.0. The van der Waals surface area contributed by atoms with Gasteiger partial charge < -0.3 is 88.6 Å². The largest absolute Gasteiger partial charge is 0.395 e. The Bertz CT molecular complexity index is 774. The Hall–Kier alpha value is -0.680. The van der Waals surface area contributed by atoms with Gasteiger partial charge in [-0.15, -0.1) is 0 Å². The molecule has 17 heteroatoms. The maximum absolute atomic E-state index is 11.7. The van der Waals surface area contributed by atoms with Crippen molar-refractivity contribution in [2.75, 3.05) is 39.5 Å². The lowest BCUT2D eigenvalue weighted by Gasteiger charge is -2.52. The molecule has 0 bridgehead atoms. The van der Waals surface area contributed by atoms with Crippen LogP contribution in [0.4, 0.5) is 0 Å². The predicted octanol–water partition coefficient (Wildman–Crippen LogP) is -8.09. The highest BCUT2D eigenvalue weighted by atomic mass is 16.7. The molecule has 2 aliphatic heterocycles. The van der Waals surface area contributed by atoms with Crippen molar-refractivity contribution in [3.8, 4) is 0 Å². The minimum absolute atomic E-state index is 0.106. The van der Waals surface area contributed by atoms with Crippen LogP contribution in [0.5, 0.6) is 0 Å². The first-order valence-electron chi connectivity index (χ1n) is 14.1. The van der Waals surface area contributed by atoms with Crippen molar-refractivity contribution in [1.29, 1.82) is 0 Å². The standard InChI is InChI=1S/C24H50N6O11/c25-2-1-3-29-5-12-18(35)20(37)16(28)23(39-12)14-10(26)4-11(30-9(6-31)7-32)22(19(14)36)41-24-21(38)15(27)17(34)13(8-33)40-24/h9-24,29-38H,1-8,25-28H2/t10-,11+,12+,13+,14?,15-,16+,17+,18+,19-,20+,21+,22-,23+,24+/m0/s1. The highest BCUT2D eigenvalue weighted by molar-refractivity contribution is 5.08. The summed E-state index contributed by atoms with van der Waals surface area (Å²) in [7, 11) is 0. The van der Waals surface area contributed by atoms with Crippen molar-refractivity contribution in [1.82, 2.24) is 10.6 Å². The van der Waals surface area contributed by atoms with E-state index in [4.69, 9.17) is 37.1 Å². The van der Waals surface area contributed by atoms with Gasteiger partial charge in [-0.2, -0.15) is 0 Å². The van der Waals surface area contributed by atoms with Crippen LogP contribution in [0.2, 0.25) is 0 Å². The normalized spacial score (nSPS) is 45.7. The van der Waals surface area contributed by atoms with Crippen molar-refractivity contribution < 1.29 is 55.1 Å². The van der Waals surface area contributed by atoms with Crippen LogP contribution in [0.15, 0.2) is 0 Å². The summed E-state index contributed by atoms with van der Waals surface area (Å²) in [4.78, 5) is 0. The molecular weight excluding hydrogens is 548 g/mol. The monoisotopic (exact) mass is 598 g/mol. The van der Waals surface area contributed by atoms with E-state index in [0.29, 0.717) is 19.5 Å². The zero-order chi connectivity index (χ0) is 30.4. The fraction of sp³-hybridized carbons (Fsp3) is 1.00. The first-order valence-corrected chi connectivity index (χ1v) is 14.1. The van der Waals surface area contributed by atoms with Crippen molar-refractivity contribution in [3.63, 3.8) is 0 Å². The molecule has 2 saturated heterocycles. The molecule has 2 heterocycles. The molecule has 0 aromatic heterocycles. The lowest BCUT2D eigenvalue weighted by molar-refractivity contribution is -0.308. The summed E-state index contributed by atoms with van der Waals surface area (Å²) in [6.45, 7) is -0.320. The van der Waals surface area contributed by atoms with Gasteiger partial charge in [0.25, 0.3) is 0 Å². The Balaban J connectivity index is 1.87. The van der Waals surface area contributed by atoms with E-state index in [1.54, 1.807) is 0 Å². The molecule has 3 fully saturated rings. The van der Waals surface area contributed by atoms with Gasteiger partial charge in [0.1, 0.15) is 36.6 Å².